The minimum atomic E-state index is -0.637. The maximum Gasteiger partial charge on any atom is 0.252 e. The zero-order chi connectivity index (χ0) is 26.9. The molecule has 2 aliphatic heterocycles. The van der Waals surface area contributed by atoms with Crippen LogP contribution in [0.5, 0.6) is 5.75 Å². The van der Waals surface area contributed by atoms with Crippen LogP contribution in [0, 0.1) is 0 Å². The smallest absolute Gasteiger partial charge is 0.252 e. The highest BCUT2D eigenvalue weighted by molar-refractivity contribution is 7.80. The number of rotatable bonds is 13. The number of likely N-dealkylation sites (N-methyl/N-ethyl adjacent to an activating group) is 1. The topological polar surface area (TPSA) is 81.5 Å². The number of ether oxygens (including phenoxy) is 1. The number of furan rings is 1. The van der Waals surface area contributed by atoms with Gasteiger partial charge in [0.25, 0.3) is 5.91 Å². The van der Waals surface area contributed by atoms with E-state index in [9.17, 15) is 9.59 Å². The Bertz CT molecular complexity index is 1050. The Kier molecular flexibility index (Phi) is 10.1. The van der Waals surface area contributed by atoms with E-state index in [1.165, 1.54) is 0 Å². The lowest BCUT2D eigenvalue weighted by Crippen LogP contribution is -2.47. The van der Waals surface area contributed by atoms with Crippen molar-refractivity contribution in [2.24, 2.45) is 0 Å². The van der Waals surface area contributed by atoms with E-state index in [1.807, 2.05) is 35.2 Å². The predicted octanol–water partition coefficient (Wildman–Crippen LogP) is 3.42. The lowest BCUT2D eigenvalue weighted by atomic mass is 10.1. The van der Waals surface area contributed by atoms with Gasteiger partial charge in [-0.1, -0.05) is 13.8 Å². The first-order valence-electron chi connectivity index (χ1n) is 13.6. The molecule has 10 heteroatoms. The first-order valence-corrected chi connectivity index (χ1v) is 14.0. The first-order chi connectivity index (χ1) is 18.5. The molecule has 2 aromatic rings. The Hall–Kier alpha value is -2.95. The SMILES string of the molecule is CCCOc1ccc(NC(=O)C[C@@H]2C(=O)N(Cc3ccco3)C(=S)N2CCCN2CCN(CC)CC2)cc1. The van der Waals surface area contributed by atoms with Crippen LogP contribution < -0.4 is 10.1 Å². The fourth-order valence-electron chi connectivity index (χ4n) is 4.88. The number of anilines is 1. The molecule has 0 spiro atoms. The summed E-state index contributed by atoms with van der Waals surface area (Å²) >= 11 is 5.75. The number of carbonyl (C=O) groups is 2. The fraction of sp³-hybridized carbons (Fsp3) is 0.536. The molecule has 4 rings (SSSR count). The molecule has 2 fully saturated rings. The van der Waals surface area contributed by atoms with E-state index in [4.69, 9.17) is 21.4 Å². The third-order valence-corrected chi connectivity index (χ3v) is 7.53. The molecule has 2 aliphatic rings. The van der Waals surface area contributed by atoms with Crippen LogP contribution in [-0.4, -0.2) is 95.0 Å². The Morgan fingerprint density at radius 3 is 2.47 bits per heavy atom. The first kappa shape index (κ1) is 28.1. The van der Waals surface area contributed by atoms with Gasteiger partial charge >= 0.3 is 0 Å². The Balaban J connectivity index is 1.37. The summed E-state index contributed by atoms with van der Waals surface area (Å²) in [6.45, 7) is 12.1. The van der Waals surface area contributed by atoms with Crippen LogP contribution in [0.3, 0.4) is 0 Å². The van der Waals surface area contributed by atoms with Crippen LogP contribution in [0.2, 0.25) is 0 Å². The second kappa shape index (κ2) is 13.7. The summed E-state index contributed by atoms with van der Waals surface area (Å²) in [5, 5.41) is 3.38. The van der Waals surface area contributed by atoms with Crippen molar-refractivity contribution in [2.45, 2.75) is 45.7 Å². The molecule has 2 saturated heterocycles. The van der Waals surface area contributed by atoms with Crippen molar-refractivity contribution in [3.63, 3.8) is 0 Å². The number of benzene rings is 1. The number of amides is 2. The molecule has 0 radical (unpaired) electrons. The fourth-order valence-corrected chi connectivity index (χ4v) is 5.26. The predicted molar refractivity (Wildman–Crippen MR) is 151 cm³/mol. The number of nitrogens with zero attached hydrogens (tertiary/aromatic N) is 4. The maximum atomic E-state index is 13.5. The summed E-state index contributed by atoms with van der Waals surface area (Å²) < 4.78 is 11.1. The molecule has 38 heavy (non-hydrogen) atoms. The number of carbonyl (C=O) groups excluding carboxylic acids is 2. The van der Waals surface area contributed by atoms with Crippen LogP contribution in [-0.2, 0) is 16.1 Å². The molecule has 9 nitrogen and oxygen atoms in total. The number of nitrogens with one attached hydrogen (secondary N) is 1. The summed E-state index contributed by atoms with van der Waals surface area (Å²) in [7, 11) is 0. The molecule has 0 aliphatic carbocycles. The van der Waals surface area contributed by atoms with E-state index in [1.54, 1.807) is 17.2 Å². The average molecular weight is 542 g/mol. The van der Waals surface area contributed by atoms with Gasteiger partial charge in [0.05, 0.1) is 25.8 Å². The molecule has 206 valence electrons. The van der Waals surface area contributed by atoms with Gasteiger partial charge in [0.1, 0.15) is 17.6 Å². The van der Waals surface area contributed by atoms with Gasteiger partial charge in [0, 0.05) is 38.4 Å². The third kappa shape index (κ3) is 7.33. The molecular formula is C28H39N5O4S. The van der Waals surface area contributed by atoms with Gasteiger partial charge < -0.3 is 29.2 Å². The summed E-state index contributed by atoms with van der Waals surface area (Å²) in [5.74, 6) is 1.03. The molecule has 1 atom stereocenters. The van der Waals surface area contributed by atoms with Crippen molar-refractivity contribution in [1.82, 2.24) is 19.6 Å². The van der Waals surface area contributed by atoms with E-state index >= 15 is 0 Å². The average Bonchev–Trinajstić information content (AvgIpc) is 3.52. The standard InChI is InChI=1S/C28H39N5O4S/c1-3-18-36-23-10-8-22(9-11-23)29-26(34)20-25-27(35)33(21-24-7-5-19-37-24)28(38)32(25)13-6-12-31-16-14-30(4-2)15-17-31/h5,7-11,19,25H,3-4,6,12-18,20-21H2,1-2H3,(H,29,34)/t25-/m1/s1. The monoisotopic (exact) mass is 541 g/mol. The van der Waals surface area contributed by atoms with E-state index in [0.717, 1.165) is 57.9 Å². The van der Waals surface area contributed by atoms with E-state index < -0.39 is 6.04 Å². The van der Waals surface area contributed by atoms with Crippen LogP contribution in [0.15, 0.2) is 47.1 Å². The number of hydrogen-bond donors (Lipinski definition) is 1. The molecule has 1 N–H and O–H groups in total. The summed E-state index contributed by atoms with van der Waals surface area (Å²) in [4.78, 5) is 34.9. The van der Waals surface area contributed by atoms with Crippen molar-refractivity contribution in [3.8, 4) is 5.75 Å². The van der Waals surface area contributed by atoms with Gasteiger partial charge in [-0.3, -0.25) is 14.5 Å². The second-order valence-electron chi connectivity index (χ2n) is 9.75. The molecule has 1 aromatic carbocycles. The summed E-state index contributed by atoms with van der Waals surface area (Å²) in [6.07, 6.45) is 3.40. The zero-order valence-electron chi connectivity index (χ0n) is 22.4. The minimum absolute atomic E-state index is 0.0247. The van der Waals surface area contributed by atoms with Crippen LogP contribution in [0.4, 0.5) is 5.69 Å². The van der Waals surface area contributed by atoms with Gasteiger partial charge in [-0.05, 0) is 74.5 Å². The molecule has 0 bridgehead atoms. The van der Waals surface area contributed by atoms with E-state index in [0.29, 0.717) is 29.7 Å². The Labute approximate surface area is 230 Å². The Morgan fingerprint density at radius 2 is 1.82 bits per heavy atom. The van der Waals surface area contributed by atoms with Crippen molar-refractivity contribution < 1.29 is 18.7 Å². The Morgan fingerprint density at radius 1 is 1.08 bits per heavy atom. The van der Waals surface area contributed by atoms with Gasteiger partial charge in [0.2, 0.25) is 5.91 Å². The van der Waals surface area contributed by atoms with Gasteiger partial charge in [0.15, 0.2) is 5.11 Å². The summed E-state index contributed by atoms with van der Waals surface area (Å²) in [5.41, 5.74) is 0.664. The highest BCUT2D eigenvalue weighted by Gasteiger charge is 2.43. The second-order valence-corrected chi connectivity index (χ2v) is 10.1. The van der Waals surface area contributed by atoms with E-state index in [2.05, 4.69) is 29.0 Å². The minimum Gasteiger partial charge on any atom is -0.494 e. The largest absolute Gasteiger partial charge is 0.494 e. The molecular weight excluding hydrogens is 502 g/mol. The lowest BCUT2D eigenvalue weighted by molar-refractivity contribution is -0.131. The molecule has 1 aromatic heterocycles. The normalized spacial score (nSPS) is 18.8. The molecule has 3 heterocycles. The van der Waals surface area contributed by atoms with Crippen molar-refractivity contribution in [1.29, 1.82) is 0 Å². The highest BCUT2D eigenvalue weighted by Crippen LogP contribution is 2.25. The lowest BCUT2D eigenvalue weighted by Gasteiger charge is -2.34. The summed E-state index contributed by atoms with van der Waals surface area (Å²) in [6, 6.07) is 10.3. The zero-order valence-corrected chi connectivity index (χ0v) is 23.3. The van der Waals surface area contributed by atoms with E-state index in [-0.39, 0.29) is 24.8 Å². The molecule has 0 unspecified atom stereocenters. The van der Waals surface area contributed by atoms with Gasteiger partial charge in [-0.2, -0.15) is 0 Å². The third-order valence-electron chi connectivity index (χ3n) is 7.07. The highest BCUT2D eigenvalue weighted by atomic mass is 32.1. The van der Waals surface area contributed by atoms with Crippen molar-refractivity contribution >= 4 is 34.8 Å². The van der Waals surface area contributed by atoms with Gasteiger partial charge in [-0.25, -0.2) is 0 Å². The number of thiocarbonyl (C=S) groups is 1. The van der Waals surface area contributed by atoms with Crippen LogP contribution >= 0.6 is 12.2 Å². The number of piperazine rings is 1. The molecule has 0 saturated carbocycles. The van der Waals surface area contributed by atoms with Crippen molar-refractivity contribution in [2.75, 3.05) is 57.7 Å². The molecule has 2 amide bonds. The van der Waals surface area contributed by atoms with Crippen LogP contribution in [0.25, 0.3) is 0 Å². The van der Waals surface area contributed by atoms with Gasteiger partial charge in [-0.15, -0.1) is 0 Å². The van der Waals surface area contributed by atoms with Crippen LogP contribution in [0.1, 0.15) is 38.9 Å². The maximum absolute atomic E-state index is 13.5. The van der Waals surface area contributed by atoms with Crippen molar-refractivity contribution in [3.05, 3.63) is 48.4 Å². The number of hydrogen-bond acceptors (Lipinski definition) is 7. The quantitative estimate of drug-likeness (QED) is 0.387.